The molecule has 12 heavy (non-hydrogen) atoms. The Bertz CT molecular complexity index is 128. The molecule has 0 aliphatic rings. The van der Waals surface area contributed by atoms with Crippen molar-refractivity contribution in [3.05, 3.63) is 0 Å². The molecule has 0 aliphatic heterocycles. The molecule has 74 valence electrons. The summed E-state index contributed by atoms with van der Waals surface area (Å²) in [6, 6.07) is 0. The average Bonchev–Trinajstić information content (AvgIpc) is 1.48. The minimum atomic E-state index is 0.221. The first-order valence-electron chi connectivity index (χ1n) is 4.92. The van der Waals surface area contributed by atoms with Crippen LogP contribution in [0, 0.1) is 5.92 Å². The highest BCUT2D eigenvalue weighted by molar-refractivity contribution is 4.85. The third kappa shape index (κ3) is 6.66. The van der Waals surface area contributed by atoms with Gasteiger partial charge in [-0.25, -0.2) is 0 Å². The van der Waals surface area contributed by atoms with Crippen molar-refractivity contribution in [3.63, 3.8) is 0 Å². The molecule has 1 N–H and O–H groups in total. The molecule has 0 atom stereocenters. The van der Waals surface area contributed by atoms with Crippen LogP contribution < -0.4 is 5.32 Å². The fourth-order valence-corrected chi connectivity index (χ4v) is 2.09. The lowest BCUT2D eigenvalue weighted by atomic mass is 9.90. The van der Waals surface area contributed by atoms with Crippen molar-refractivity contribution in [2.75, 3.05) is 0 Å². The van der Waals surface area contributed by atoms with Crippen molar-refractivity contribution < 1.29 is 0 Å². The van der Waals surface area contributed by atoms with Gasteiger partial charge in [-0.15, -0.1) is 0 Å². The van der Waals surface area contributed by atoms with Gasteiger partial charge in [0.25, 0.3) is 0 Å². The molecule has 0 amide bonds. The molecule has 0 aliphatic carbocycles. The van der Waals surface area contributed by atoms with E-state index in [0.717, 1.165) is 5.92 Å². The number of hydrogen-bond acceptors (Lipinski definition) is 1. The van der Waals surface area contributed by atoms with E-state index in [1.54, 1.807) is 0 Å². The van der Waals surface area contributed by atoms with Gasteiger partial charge in [-0.2, -0.15) is 0 Å². The Labute approximate surface area is 77.9 Å². The van der Waals surface area contributed by atoms with Gasteiger partial charge in [-0.05, 0) is 47.0 Å². The fourth-order valence-electron chi connectivity index (χ4n) is 2.09. The number of nitrogens with one attached hydrogen (secondary N) is 1. The van der Waals surface area contributed by atoms with Gasteiger partial charge in [-0.1, -0.05) is 13.8 Å². The predicted molar refractivity (Wildman–Crippen MR) is 56.4 cm³/mol. The summed E-state index contributed by atoms with van der Waals surface area (Å²) in [7, 11) is 0. The highest BCUT2D eigenvalue weighted by Gasteiger charge is 2.24. The molecule has 0 aromatic carbocycles. The maximum absolute atomic E-state index is 3.63. The molecular weight excluding hydrogens is 146 g/mol. The maximum Gasteiger partial charge on any atom is 0.0132 e. The lowest BCUT2D eigenvalue weighted by Crippen LogP contribution is -2.50. The molecule has 0 spiro atoms. The lowest BCUT2D eigenvalue weighted by molar-refractivity contribution is 0.244. The van der Waals surface area contributed by atoms with E-state index in [0.29, 0.717) is 0 Å². The SMILES string of the molecule is CC(C)CC(C)(C)NC(C)(C)C. The van der Waals surface area contributed by atoms with Crippen molar-refractivity contribution in [1.29, 1.82) is 0 Å². The molecule has 0 bridgehead atoms. The molecule has 0 rings (SSSR count). The summed E-state index contributed by atoms with van der Waals surface area (Å²) in [6.45, 7) is 15.7. The van der Waals surface area contributed by atoms with Crippen molar-refractivity contribution in [2.24, 2.45) is 5.92 Å². The first-order valence-corrected chi connectivity index (χ1v) is 4.92. The molecule has 0 aromatic rings. The van der Waals surface area contributed by atoms with Gasteiger partial charge in [0, 0.05) is 11.1 Å². The molecule has 1 heteroatoms. The van der Waals surface area contributed by atoms with E-state index in [1.165, 1.54) is 6.42 Å². The second kappa shape index (κ2) is 3.78. The summed E-state index contributed by atoms with van der Waals surface area (Å²) in [5.74, 6) is 0.759. The Morgan fingerprint density at radius 1 is 1.00 bits per heavy atom. The van der Waals surface area contributed by atoms with Crippen LogP contribution in [-0.2, 0) is 0 Å². The minimum Gasteiger partial charge on any atom is -0.307 e. The summed E-state index contributed by atoms with van der Waals surface area (Å²) < 4.78 is 0. The summed E-state index contributed by atoms with van der Waals surface area (Å²) in [5, 5.41) is 3.63. The molecule has 1 nitrogen and oxygen atoms in total. The average molecular weight is 171 g/mol. The van der Waals surface area contributed by atoms with Crippen LogP contribution in [-0.4, -0.2) is 11.1 Å². The Morgan fingerprint density at radius 2 is 1.42 bits per heavy atom. The van der Waals surface area contributed by atoms with Crippen LogP contribution in [0.5, 0.6) is 0 Å². The van der Waals surface area contributed by atoms with Crippen LogP contribution in [0.1, 0.15) is 54.9 Å². The van der Waals surface area contributed by atoms with Crippen molar-refractivity contribution in [3.8, 4) is 0 Å². The Balaban J connectivity index is 4.04. The van der Waals surface area contributed by atoms with Crippen molar-refractivity contribution >= 4 is 0 Å². The minimum absolute atomic E-state index is 0.221. The third-order valence-corrected chi connectivity index (χ3v) is 1.63. The molecule has 0 heterocycles. The Hall–Kier alpha value is -0.0400. The van der Waals surface area contributed by atoms with E-state index in [2.05, 4.69) is 53.8 Å². The highest BCUT2D eigenvalue weighted by Crippen LogP contribution is 2.18. The topological polar surface area (TPSA) is 12.0 Å². The molecule has 0 saturated carbocycles. The van der Waals surface area contributed by atoms with E-state index in [9.17, 15) is 0 Å². The summed E-state index contributed by atoms with van der Waals surface area (Å²) in [4.78, 5) is 0. The van der Waals surface area contributed by atoms with Crippen LogP contribution in [0.2, 0.25) is 0 Å². The maximum atomic E-state index is 3.63. The zero-order valence-corrected chi connectivity index (χ0v) is 9.78. The standard InChI is InChI=1S/C11H25N/c1-9(2)8-11(6,7)12-10(3,4)5/h9,12H,8H2,1-7H3. The molecule has 0 unspecified atom stereocenters. The van der Waals surface area contributed by atoms with Gasteiger partial charge in [0.2, 0.25) is 0 Å². The van der Waals surface area contributed by atoms with Gasteiger partial charge < -0.3 is 5.32 Å². The Kier molecular flexibility index (Phi) is 3.77. The summed E-state index contributed by atoms with van der Waals surface area (Å²) >= 11 is 0. The van der Waals surface area contributed by atoms with E-state index in [1.807, 2.05) is 0 Å². The zero-order valence-electron chi connectivity index (χ0n) is 9.78. The number of rotatable bonds is 3. The van der Waals surface area contributed by atoms with Gasteiger partial charge in [0.1, 0.15) is 0 Å². The van der Waals surface area contributed by atoms with Crippen LogP contribution in [0.4, 0.5) is 0 Å². The fraction of sp³-hybridized carbons (Fsp3) is 1.00. The van der Waals surface area contributed by atoms with Gasteiger partial charge in [-0.3, -0.25) is 0 Å². The molecule has 0 fully saturated rings. The highest BCUT2D eigenvalue weighted by atomic mass is 15.0. The van der Waals surface area contributed by atoms with Gasteiger partial charge >= 0.3 is 0 Å². The van der Waals surface area contributed by atoms with Gasteiger partial charge in [0.05, 0.1) is 0 Å². The van der Waals surface area contributed by atoms with Crippen LogP contribution in [0.25, 0.3) is 0 Å². The zero-order chi connectivity index (χ0) is 9.99. The quantitative estimate of drug-likeness (QED) is 0.687. The van der Waals surface area contributed by atoms with Crippen LogP contribution in [0.15, 0.2) is 0 Å². The predicted octanol–water partition coefficient (Wildman–Crippen LogP) is 3.20. The lowest BCUT2D eigenvalue weighted by Gasteiger charge is -2.36. The second-order valence-electron chi connectivity index (χ2n) is 5.86. The van der Waals surface area contributed by atoms with Crippen LogP contribution in [0.3, 0.4) is 0 Å². The van der Waals surface area contributed by atoms with Gasteiger partial charge in [0.15, 0.2) is 0 Å². The normalized spacial score (nSPS) is 14.0. The molecular formula is C11H25N. The number of hydrogen-bond donors (Lipinski definition) is 1. The Morgan fingerprint density at radius 3 is 1.67 bits per heavy atom. The smallest absolute Gasteiger partial charge is 0.0132 e. The summed E-state index contributed by atoms with van der Waals surface area (Å²) in [5.41, 5.74) is 0.477. The van der Waals surface area contributed by atoms with E-state index in [4.69, 9.17) is 0 Å². The van der Waals surface area contributed by atoms with Crippen molar-refractivity contribution in [2.45, 2.75) is 66.0 Å². The molecule has 0 saturated heterocycles. The monoisotopic (exact) mass is 171 g/mol. The van der Waals surface area contributed by atoms with Crippen molar-refractivity contribution in [1.82, 2.24) is 5.32 Å². The first kappa shape index (κ1) is 12.0. The first-order chi connectivity index (χ1) is 5.12. The van der Waals surface area contributed by atoms with Crippen LogP contribution >= 0.6 is 0 Å². The molecule has 0 aromatic heterocycles. The largest absolute Gasteiger partial charge is 0.307 e. The molecule has 0 radical (unpaired) electrons. The van der Waals surface area contributed by atoms with E-state index in [-0.39, 0.29) is 11.1 Å². The van der Waals surface area contributed by atoms with E-state index < -0.39 is 0 Å². The third-order valence-electron chi connectivity index (χ3n) is 1.63. The summed E-state index contributed by atoms with van der Waals surface area (Å²) in [6.07, 6.45) is 1.23. The van der Waals surface area contributed by atoms with E-state index >= 15 is 0 Å². The second-order valence-corrected chi connectivity index (χ2v) is 5.86.